The van der Waals surface area contributed by atoms with Crippen molar-refractivity contribution in [2.45, 2.75) is 18.8 Å². The summed E-state index contributed by atoms with van der Waals surface area (Å²) in [5, 5.41) is 11.2. The van der Waals surface area contributed by atoms with E-state index in [2.05, 4.69) is 59.5 Å². The van der Waals surface area contributed by atoms with Crippen LogP contribution in [0.3, 0.4) is 0 Å². The standard InChI is InChI=1S/C27H25NO2S.ClH/c29-19-9-12-23-24(17-19)31-27-22-6-2-1-5-21(22)25(26(23)27)18-7-10-20(11-8-18)30-16-15-28-13-3-4-14-28;/h1-2,5-12,17,25,29H,3-4,13-16H2;1H. The smallest absolute Gasteiger partial charge is 0.119 e. The van der Waals surface area contributed by atoms with Crippen LogP contribution in [0.1, 0.15) is 35.4 Å². The summed E-state index contributed by atoms with van der Waals surface area (Å²) in [4.78, 5) is 3.80. The van der Waals surface area contributed by atoms with Crippen LogP contribution in [0.5, 0.6) is 11.5 Å². The molecule has 32 heavy (non-hydrogen) atoms. The number of ether oxygens (including phenoxy) is 1. The monoisotopic (exact) mass is 463 g/mol. The molecule has 3 aromatic carbocycles. The molecular weight excluding hydrogens is 438 g/mol. The molecule has 0 amide bonds. The van der Waals surface area contributed by atoms with E-state index >= 15 is 0 Å². The number of nitrogens with zero attached hydrogens (tertiary/aromatic N) is 1. The van der Waals surface area contributed by atoms with Crippen LogP contribution in [0.2, 0.25) is 0 Å². The number of halogens is 1. The van der Waals surface area contributed by atoms with E-state index in [1.807, 2.05) is 6.07 Å². The Hall–Kier alpha value is -2.53. The number of benzene rings is 3. The maximum atomic E-state index is 9.96. The number of hydrogen-bond acceptors (Lipinski definition) is 4. The number of thiophene rings is 1. The minimum absolute atomic E-state index is 0. The summed E-state index contributed by atoms with van der Waals surface area (Å²) in [6.45, 7) is 4.17. The lowest BCUT2D eigenvalue weighted by atomic mass is 9.88. The quantitative estimate of drug-likeness (QED) is 0.316. The Bertz CT molecular complexity index is 1240. The van der Waals surface area contributed by atoms with Gasteiger partial charge in [0.15, 0.2) is 0 Å². The molecular formula is C27H26ClNO2S. The number of phenols is 1. The first-order valence-corrected chi connectivity index (χ1v) is 11.9. The fraction of sp³-hybridized carbons (Fsp3) is 0.259. The van der Waals surface area contributed by atoms with E-state index in [9.17, 15) is 5.11 Å². The molecule has 1 fully saturated rings. The van der Waals surface area contributed by atoms with Gasteiger partial charge in [0, 0.05) is 22.0 Å². The molecule has 1 atom stereocenters. The number of hydrogen-bond donors (Lipinski definition) is 1. The van der Waals surface area contributed by atoms with Gasteiger partial charge in [-0.2, -0.15) is 0 Å². The van der Waals surface area contributed by atoms with Crippen molar-refractivity contribution < 1.29 is 9.84 Å². The van der Waals surface area contributed by atoms with E-state index in [-0.39, 0.29) is 18.3 Å². The van der Waals surface area contributed by atoms with Crippen LogP contribution in [0, 0.1) is 0 Å². The maximum Gasteiger partial charge on any atom is 0.119 e. The zero-order valence-corrected chi connectivity index (χ0v) is 19.4. The minimum Gasteiger partial charge on any atom is -0.508 e. The lowest BCUT2D eigenvalue weighted by Gasteiger charge is -2.17. The highest BCUT2D eigenvalue weighted by molar-refractivity contribution is 7.22. The van der Waals surface area contributed by atoms with Gasteiger partial charge in [0.2, 0.25) is 0 Å². The molecule has 3 nitrogen and oxygen atoms in total. The van der Waals surface area contributed by atoms with Crippen molar-refractivity contribution in [3.8, 4) is 21.9 Å². The first-order chi connectivity index (χ1) is 15.3. The van der Waals surface area contributed by atoms with Crippen LogP contribution < -0.4 is 4.74 Å². The third-order valence-corrected chi connectivity index (χ3v) is 7.81. The summed E-state index contributed by atoms with van der Waals surface area (Å²) in [6, 6.07) is 23.1. The van der Waals surface area contributed by atoms with Crippen LogP contribution in [-0.2, 0) is 0 Å². The third kappa shape index (κ3) is 3.66. The molecule has 1 aromatic heterocycles. The molecule has 0 radical (unpaired) electrons. The van der Waals surface area contributed by atoms with Gasteiger partial charge in [-0.1, -0.05) is 36.4 Å². The molecule has 1 aliphatic carbocycles. The summed E-state index contributed by atoms with van der Waals surface area (Å²) in [7, 11) is 0. The first-order valence-electron chi connectivity index (χ1n) is 11.1. The van der Waals surface area contributed by atoms with E-state index in [1.54, 1.807) is 17.4 Å². The molecule has 2 aliphatic rings. The van der Waals surface area contributed by atoms with Gasteiger partial charge in [0.05, 0.1) is 0 Å². The van der Waals surface area contributed by atoms with Gasteiger partial charge in [0.25, 0.3) is 0 Å². The van der Waals surface area contributed by atoms with Crippen molar-refractivity contribution in [2.75, 3.05) is 26.2 Å². The first kappa shape index (κ1) is 21.3. The van der Waals surface area contributed by atoms with Crippen molar-refractivity contribution in [3.05, 3.63) is 83.4 Å². The van der Waals surface area contributed by atoms with Crippen LogP contribution in [-0.4, -0.2) is 36.2 Å². The van der Waals surface area contributed by atoms with Gasteiger partial charge in [0.1, 0.15) is 18.1 Å². The second-order valence-corrected chi connectivity index (χ2v) is 9.56. The molecule has 1 N–H and O–H groups in total. The number of phenolic OH excluding ortho intramolecular Hbond substituents is 1. The Kier molecular flexibility index (Phi) is 5.85. The highest BCUT2D eigenvalue weighted by atomic mass is 35.5. The molecule has 1 saturated heterocycles. The van der Waals surface area contributed by atoms with E-state index in [0.29, 0.717) is 5.75 Å². The zero-order chi connectivity index (χ0) is 20.8. The van der Waals surface area contributed by atoms with Gasteiger partial charge in [-0.3, -0.25) is 4.90 Å². The third-order valence-electron chi connectivity index (χ3n) is 6.61. The fourth-order valence-corrected chi connectivity index (χ4v) is 6.43. The Morgan fingerprint density at radius 2 is 1.75 bits per heavy atom. The second-order valence-electron chi connectivity index (χ2n) is 8.51. The fourth-order valence-electron chi connectivity index (χ4n) is 5.10. The Morgan fingerprint density at radius 3 is 2.56 bits per heavy atom. The Labute approximate surface area is 198 Å². The molecule has 0 spiro atoms. The topological polar surface area (TPSA) is 32.7 Å². The molecule has 0 bridgehead atoms. The van der Waals surface area contributed by atoms with Gasteiger partial charge in [-0.25, -0.2) is 0 Å². The van der Waals surface area contributed by atoms with Crippen molar-refractivity contribution in [1.29, 1.82) is 0 Å². The predicted octanol–water partition coefficient (Wildman–Crippen LogP) is 6.66. The van der Waals surface area contributed by atoms with Crippen molar-refractivity contribution in [2.24, 2.45) is 0 Å². The van der Waals surface area contributed by atoms with Gasteiger partial charge in [-0.05, 0) is 83.9 Å². The Balaban J connectivity index is 0.00000216. The molecule has 1 aliphatic heterocycles. The largest absolute Gasteiger partial charge is 0.508 e. The zero-order valence-electron chi connectivity index (χ0n) is 17.8. The Morgan fingerprint density at radius 1 is 0.969 bits per heavy atom. The summed E-state index contributed by atoms with van der Waals surface area (Å²) < 4.78 is 7.17. The summed E-state index contributed by atoms with van der Waals surface area (Å²) in [6.07, 6.45) is 2.63. The predicted molar refractivity (Wildman–Crippen MR) is 135 cm³/mol. The molecule has 6 rings (SSSR count). The van der Waals surface area contributed by atoms with Gasteiger partial charge >= 0.3 is 0 Å². The summed E-state index contributed by atoms with van der Waals surface area (Å²) in [5.41, 5.74) is 5.32. The van der Waals surface area contributed by atoms with Crippen LogP contribution >= 0.6 is 23.7 Å². The number of fused-ring (bicyclic) bond motifs is 5. The molecule has 164 valence electrons. The van der Waals surface area contributed by atoms with Crippen LogP contribution in [0.4, 0.5) is 0 Å². The molecule has 1 unspecified atom stereocenters. The van der Waals surface area contributed by atoms with E-state index in [0.717, 1.165) is 23.6 Å². The summed E-state index contributed by atoms with van der Waals surface area (Å²) in [5.74, 6) is 1.48. The van der Waals surface area contributed by atoms with Crippen molar-refractivity contribution in [1.82, 2.24) is 4.90 Å². The second kappa shape index (κ2) is 8.78. The van der Waals surface area contributed by atoms with Gasteiger partial charge in [-0.15, -0.1) is 23.7 Å². The molecule has 5 heteroatoms. The highest BCUT2D eigenvalue weighted by Crippen LogP contribution is 2.54. The summed E-state index contributed by atoms with van der Waals surface area (Å²) >= 11 is 1.78. The van der Waals surface area contributed by atoms with Crippen LogP contribution in [0.25, 0.3) is 20.5 Å². The lowest BCUT2D eigenvalue weighted by molar-refractivity contribution is 0.238. The highest BCUT2D eigenvalue weighted by Gasteiger charge is 2.33. The molecule has 2 heterocycles. The normalized spacial score (nSPS) is 17.2. The average Bonchev–Trinajstić information content (AvgIpc) is 3.50. The van der Waals surface area contributed by atoms with Crippen molar-refractivity contribution >= 4 is 33.8 Å². The average molecular weight is 464 g/mol. The van der Waals surface area contributed by atoms with Gasteiger partial charge < -0.3 is 9.84 Å². The molecule has 4 aromatic rings. The lowest BCUT2D eigenvalue weighted by Crippen LogP contribution is -2.25. The number of likely N-dealkylation sites (tertiary alicyclic amines) is 1. The van der Waals surface area contributed by atoms with E-state index < -0.39 is 0 Å². The SMILES string of the molecule is Cl.Oc1ccc2c3c(sc2c1)-c1ccccc1C3c1ccc(OCCN2CCCC2)cc1. The number of aromatic hydroxyl groups is 1. The van der Waals surface area contributed by atoms with E-state index in [1.165, 1.54) is 58.4 Å². The minimum atomic E-state index is 0. The maximum absolute atomic E-state index is 9.96. The molecule has 0 saturated carbocycles. The van der Waals surface area contributed by atoms with Crippen LogP contribution in [0.15, 0.2) is 66.7 Å². The van der Waals surface area contributed by atoms with E-state index in [4.69, 9.17) is 4.74 Å². The van der Waals surface area contributed by atoms with Crippen molar-refractivity contribution in [3.63, 3.8) is 0 Å². The number of rotatable bonds is 5.